The molecule has 0 bridgehead atoms. The predicted octanol–water partition coefficient (Wildman–Crippen LogP) is 9.80. The summed E-state index contributed by atoms with van der Waals surface area (Å²) in [7, 11) is 0. The first-order valence-electron chi connectivity index (χ1n) is 12.4. The third-order valence-corrected chi connectivity index (χ3v) is 7.96. The van der Waals surface area contributed by atoms with Crippen LogP contribution < -0.4 is 0 Å². The van der Waals surface area contributed by atoms with Gasteiger partial charge in [-0.25, -0.2) is 0 Å². The zero-order valence-corrected chi connectivity index (χ0v) is 24.1. The average molecular weight is 465 g/mol. The fraction of sp³-hybridized carbons (Fsp3) is 0.562. The quantitative estimate of drug-likeness (QED) is 0.393. The number of benzene rings is 2. The van der Waals surface area contributed by atoms with E-state index in [1.165, 1.54) is 39.0 Å². The van der Waals surface area contributed by atoms with Crippen LogP contribution in [0.1, 0.15) is 123 Å². The summed E-state index contributed by atoms with van der Waals surface area (Å²) in [5.74, 6) is 0. The monoisotopic (exact) mass is 464 g/mol. The minimum Gasteiger partial charge on any atom is -0.0836 e. The molecule has 2 aromatic rings. The van der Waals surface area contributed by atoms with Gasteiger partial charge in [0.2, 0.25) is 0 Å². The zero-order valence-electron chi connectivity index (χ0n) is 23.3. The number of hydrogen-bond donors (Lipinski definition) is 0. The number of rotatable bonds is 1. The van der Waals surface area contributed by atoms with E-state index >= 15 is 0 Å². The summed E-state index contributed by atoms with van der Waals surface area (Å²) < 4.78 is 0. The lowest BCUT2D eigenvalue weighted by Crippen LogP contribution is -2.27. The summed E-state index contributed by atoms with van der Waals surface area (Å²) in [6, 6.07) is 13.7. The van der Waals surface area contributed by atoms with Crippen molar-refractivity contribution in [3.8, 4) is 0 Å². The maximum atomic E-state index is 7.64. The van der Waals surface area contributed by atoms with Crippen molar-refractivity contribution in [3.05, 3.63) is 75.4 Å². The van der Waals surface area contributed by atoms with Gasteiger partial charge in [0, 0.05) is 21.4 Å². The molecule has 0 saturated heterocycles. The van der Waals surface area contributed by atoms with Gasteiger partial charge in [-0.3, -0.25) is 0 Å². The highest BCUT2D eigenvalue weighted by Crippen LogP contribution is 2.57. The summed E-state index contributed by atoms with van der Waals surface area (Å²) in [5, 5.41) is 0.941. The van der Waals surface area contributed by atoms with Crippen LogP contribution >= 0.6 is 11.6 Å². The Kier molecular flexibility index (Phi) is 6.12. The number of fused-ring (bicyclic) bond motifs is 1. The van der Waals surface area contributed by atoms with Gasteiger partial charge in [-0.15, -0.1) is 0 Å². The maximum absolute atomic E-state index is 7.64. The predicted molar refractivity (Wildman–Crippen MR) is 148 cm³/mol. The van der Waals surface area contributed by atoms with E-state index in [1.807, 2.05) is 0 Å². The van der Waals surface area contributed by atoms with E-state index in [0.717, 1.165) is 5.03 Å². The van der Waals surface area contributed by atoms with Crippen molar-refractivity contribution in [2.24, 2.45) is 0 Å². The second-order valence-corrected chi connectivity index (χ2v) is 14.6. The maximum Gasteiger partial charge on any atom is 0.0493 e. The van der Waals surface area contributed by atoms with Crippen LogP contribution in [0.15, 0.2) is 42.0 Å². The fourth-order valence-electron chi connectivity index (χ4n) is 5.79. The van der Waals surface area contributed by atoms with Crippen LogP contribution in [0.4, 0.5) is 0 Å². The van der Waals surface area contributed by atoms with E-state index in [2.05, 4.69) is 126 Å². The van der Waals surface area contributed by atoms with Crippen LogP contribution in [0.5, 0.6) is 0 Å². The molecule has 0 fully saturated rings. The van der Waals surface area contributed by atoms with Crippen LogP contribution in [0.2, 0.25) is 0 Å². The smallest absolute Gasteiger partial charge is 0.0493 e. The van der Waals surface area contributed by atoms with Gasteiger partial charge in [-0.1, -0.05) is 138 Å². The Hall–Kier alpha value is -1.53. The summed E-state index contributed by atoms with van der Waals surface area (Å²) in [4.78, 5) is 0. The topological polar surface area (TPSA) is 0 Å². The Morgan fingerprint density at radius 2 is 1.00 bits per heavy atom. The molecule has 0 atom stereocenters. The van der Waals surface area contributed by atoms with Crippen LogP contribution in [0, 0.1) is 0 Å². The lowest BCUT2D eigenvalue weighted by Gasteiger charge is -2.36. The second-order valence-electron chi connectivity index (χ2n) is 14.2. The van der Waals surface area contributed by atoms with Crippen molar-refractivity contribution in [1.29, 1.82) is 0 Å². The lowest BCUT2D eigenvalue weighted by molar-refractivity contribution is 0.540. The molecule has 0 radical (unpaired) electrons. The molecule has 33 heavy (non-hydrogen) atoms. The average Bonchev–Trinajstić information content (AvgIpc) is 2.80. The highest BCUT2D eigenvalue weighted by molar-refractivity contribution is 6.50. The van der Waals surface area contributed by atoms with Crippen molar-refractivity contribution in [3.63, 3.8) is 0 Å². The molecule has 1 heteroatoms. The van der Waals surface area contributed by atoms with Crippen molar-refractivity contribution in [2.75, 3.05) is 0 Å². The van der Waals surface area contributed by atoms with Crippen molar-refractivity contribution < 1.29 is 0 Å². The van der Waals surface area contributed by atoms with Crippen molar-refractivity contribution in [1.82, 2.24) is 0 Å². The van der Waals surface area contributed by atoms with Crippen LogP contribution in [0.25, 0.3) is 5.03 Å². The molecule has 0 nitrogen and oxygen atoms in total. The van der Waals surface area contributed by atoms with Gasteiger partial charge >= 0.3 is 0 Å². The zero-order chi connectivity index (χ0) is 25.4. The Bertz CT molecular complexity index is 1030. The molecule has 0 N–H and O–H groups in total. The first kappa shape index (κ1) is 26.1. The van der Waals surface area contributed by atoms with Gasteiger partial charge in [0.15, 0.2) is 0 Å². The summed E-state index contributed by atoms with van der Waals surface area (Å²) in [5.41, 5.74) is 9.17. The molecule has 1 aliphatic carbocycles. The number of halogens is 1. The Labute approximate surface area is 208 Å². The van der Waals surface area contributed by atoms with Gasteiger partial charge in [-0.05, 0) is 49.6 Å². The second kappa shape index (κ2) is 7.74. The van der Waals surface area contributed by atoms with Crippen molar-refractivity contribution >= 4 is 16.6 Å². The third kappa shape index (κ3) is 4.34. The first-order valence-corrected chi connectivity index (χ1v) is 12.8. The largest absolute Gasteiger partial charge is 0.0836 e. The molecule has 0 spiro atoms. The first-order chi connectivity index (χ1) is 14.7. The molecular formula is C32H45Cl. The van der Waals surface area contributed by atoms with Gasteiger partial charge in [0.1, 0.15) is 0 Å². The van der Waals surface area contributed by atoms with Crippen LogP contribution in [-0.2, 0) is 27.1 Å². The minimum absolute atomic E-state index is 0.0307. The summed E-state index contributed by atoms with van der Waals surface area (Å²) in [6.07, 6.45) is 0. The normalized spacial score (nSPS) is 17.8. The fourth-order valence-corrected chi connectivity index (χ4v) is 6.47. The van der Waals surface area contributed by atoms with E-state index < -0.39 is 0 Å². The molecule has 0 saturated carbocycles. The molecule has 0 unspecified atom stereocenters. The summed E-state index contributed by atoms with van der Waals surface area (Å²) >= 11 is 7.64. The molecule has 180 valence electrons. The molecule has 0 heterocycles. The van der Waals surface area contributed by atoms with E-state index in [1.54, 1.807) is 0 Å². The van der Waals surface area contributed by atoms with Gasteiger partial charge in [0.25, 0.3) is 0 Å². The Balaban J connectivity index is 2.52. The highest BCUT2D eigenvalue weighted by atomic mass is 35.5. The Morgan fingerprint density at radius 3 is 1.30 bits per heavy atom. The van der Waals surface area contributed by atoms with Crippen LogP contribution in [0.3, 0.4) is 0 Å². The van der Waals surface area contributed by atoms with Gasteiger partial charge in [0.05, 0.1) is 0 Å². The van der Waals surface area contributed by atoms with E-state index in [-0.39, 0.29) is 27.1 Å². The minimum atomic E-state index is -0.135. The highest BCUT2D eigenvalue weighted by Gasteiger charge is 2.48. The standard InChI is InChI=1S/C32H45Cl/c1-28(2,3)20-18-23(29(4,5)6)25(24(19-20)30(7,8)9)26(33)27-31(10,11)21-16-14-15-17-22(21)32(27,12)13/h14-19H,1-13H3. The third-order valence-electron chi connectivity index (χ3n) is 7.58. The molecule has 2 aromatic carbocycles. The number of allylic oxidation sites excluding steroid dienone is 1. The lowest BCUT2D eigenvalue weighted by atomic mass is 9.69. The summed E-state index contributed by atoms with van der Waals surface area (Å²) in [6.45, 7) is 30.2. The molecular weight excluding hydrogens is 420 g/mol. The molecule has 1 aliphatic rings. The molecule has 0 aliphatic heterocycles. The Morgan fingerprint density at radius 1 is 0.636 bits per heavy atom. The van der Waals surface area contributed by atoms with Gasteiger partial charge in [-0.2, -0.15) is 0 Å². The van der Waals surface area contributed by atoms with Gasteiger partial charge < -0.3 is 0 Å². The SMILES string of the molecule is CC(C)(C)c1cc(C(C)(C)C)c(C(Cl)=C2C(C)(C)c3ccccc3C2(C)C)c(C(C)(C)C)c1. The van der Waals surface area contributed by atoms with E-state index in [0.29, 0.717) is 0 Å². The van der Waals surface area contributed by atoms with Crippen molar-refractivity contribution in [2.45, 2.75) is 117 Å². The van der Waals surface area contributed by atoms with E-state index in [4.69, 9.17) is 11.6 Å². The number of hydrogen-bond acceptors (Lipinski definition) is 0. The van der Waals surface area contributed by atoms with E-state index in [9.17, 15) is 0 Å². The molecule has 0 aromatic heterocycles. The molecule has 0 amide bonds. The van der Waals surface area contributed by atoms with Crippen LogP contribution in [-0.4, -0.2) is 0 Å². The molecule has 3 rings (SSSR count).